The van der Waals surface area contributed by atoms with E-state index in [1.165, 1.54) is 34.0 Å². The summed E-state index contributed by atoms with van der Waals surface area (Å²) in [5.41, 5.74) is 3.07. The Balaban J connectivity index is 2.01. The number of thiazole rings is 1. The molecule has 1 aromatic carbocycles. The number of thioether (sulfide) groups is 1. The van der Waals surface area contributed by atoms with Crippen molar-refractivity contribution in [2.75, 3.05) is 5.75 Å². The van der Waals surface area contributed by atoms with Gasteiger partial charge in [-0.25, -0.2) is 4.98 Å². The monoisotopic (exact) mass is 258 g/mol. The number of nitrogens with zero attached hydrogens (tertiary/aromatic N) is 2. The quantitative estimate of drug-likeness (QED) is 0.782. The molecule has 0 saturated carbocycles. The van der Waals surface area contributed by atoms with Crippen molar-refractivity contribution in [2.45, 2.75) is 17.7 Å². The van der Waals surface area contributed by atoms with Crippen LogP contribution < -0.4 is 0 Å². The molecule has 0 N–H and O–H groups in total. The molecule has 1 aromatic heterocycles. The van der Waals surface area contributed by atoms with E-state index >= 15 is 0 Å². The molecule has 2 nitrogen and oxygen atoms in total. The van der Waals surface area contributed by atoms with E-state index in [2.05, 4.69) is 29.3 Å². The van der Waals surface area contributed by atoms with Crippen LogP contribution in [0.5, 0.6) is 0 Å². The maximum Gasteiger partial charge on any atom is 0.152 e. The van der Waals surface area contributed by atoms with E-state index < -0.39 is 0 Å². The van der Waals surface area contributed by atoms with Crippen LogP contribution >= 0.6 is 23.1 Å². The van der Waals surface area contributed by atoms with Gasteiger partial charge in [-0.05, 0) is 36.3 Å². The Morgan fingerprint density at radius 2 is 2.29 bits per heavy atom. The summed E-state index contributed by atoms with van der Waals surface area (Å²) in [5.74, 6) is 1.22. The van der Waals surface area contributed by atoms with Crippen LogP contribution in [0.2, 0.25) is 0 Å². The maximum absolute atomic E-state index is 8.78. The highest BCUT2D eigenvalue weighted by Crippen LogP contribution is 2.33. The molecule has 1 aliphatic rings. The van der Waals surface area contributed by atoms with Crippen LogP contribution in [0.25, 0.3) is 10.6 Å². The Hall–Kier alpha value is -1.31. The molecule has 84 valence electrons. The van der Waals surface area contributed by atoms with Crippen molar-refractivity contribution >= 4 is 23.1 Å². The molecule has 17 heavy (non-hydrogen) atoms. The van der Waals surface area contributed by atoms with E-state index in [1.807, 2.05) is 17.1 Å². The van der Waals surface area contributed by atoms with Gasteiger partial charge in [-0.15, -0.1) is 23.1 Å². The lowest BCUT2D eigenvalue weighted by atomic mass is 10.1. The predicted molar refractivity (Wildman–Crippen MR) is 71.3 cm³/mol. The van der Waals surface area contributed by atoms with Crippen molar-refractivity contribution in [3.8, 4) is 16.6 Å². The second kappa shape index (κ2) is 4.52. The Morgan fingerprint density at radius 1 is 1.35 bits per heavy atom. The molecular weight excluding hydrogens is 248 g/mol. The number of aromatic nitrogens is 1. The second-order valence-electron chi connectivity index (χ2n) is 3.92. The van der Waals surface area contributed by atoms with Crippen molar-refractivity contribution in [2.24, 2.45) is 0 Å². The third kappa shape index (κ3) is 2.08. The van der Waals surface area contributed by atoms with E-state index in [0.29, 0.717) is 5.69 Å². The van der Waals surface area contributed by atoms with E-state index in [0.717, 1.165) is 17.0 Å². The molecule has 2 aromatic rings. The molecular formula is C13H10N2S2. The van der Waals surface area contributed by atoms with Crippen molar-refractivity contribution in [1.82, 2.24) is 4.98 Å². The van der Waals surface area contributed by atoms with E-state index in [9.17, 15) is 0 Å². The lowest BCUT2D eigenvalue weighted by Crippen LogP contribution is -1.98. The van der Waals surface area contributed by atoms with Gasteiger partial charge < -0.3 is 0 Å². The molecule has 0 fully saturated rings. The minimum atomic E-state index is 0.511. The molecule has 0 amide bonds. The first-order chi connectivity index (χ1) is 8.36. The fourth-order valence-corrected chi connectivity index (χ4v) is 3.71. The summed E-state index contributed by atoms with van der Waals surface area (Å²) in [6, 6.07) is 8.59. The van der Waals surface area contributed by atoms with Crippen molar-refractivity contribution in [1.29, 1.82) is 5.26 Å². The lowest BCUT2D eigenvalue weighted by Gasteiger charge is -2.15. The molecule has 3 rings (SSSR count). The molecule has 2 heterocycles. The van der Waals surface area contributed by atoms with Gasteiger partial charge >= 0.3 is 0 Å². The highest BCUT2D eigenvalue weighted by atomic mass is 32.2. The Bertz CT molecular complexity index is 596. The van der Waals surface area contributed by atoms with Crippen molar-refractivity contribution in [3.05, 3.63) is 34.8 Å². The summed E-state index contributed by atoms with van der Waals surface area (Å²) < 4.78 is 0. The SMILES string of the molecule is N#Cc1csc(-c2ccc3c(c2)CCCS3)n1. The maximum atomic E-state index is 8.78. The van der Waals surface area contributed by atoms with Gasteiger partial charge in [-0.2, -0.15) is 5.26 Å². The fourth-order valence-electron chi connectivity index (χ4n) is 1.95. The summed E-state index contributed by atoms with van der Waals surface area (Å²) in [4.78, 5) is 5.70. The molecule has 1 aliphatic heterocycles. The van der Waals surface area contributed by atoms with Crippen LogP contribution in [0.15, 0.2) is 28.5 Å². The Labute approximate surface area is 108 Å². The van der Waals surface area contributed by atoms with Crippen LogP contribution in [0.1, 0.15) is 17.7 Å². The number of benzene rings is 1. The van der Waals surface area contributed by atoms with E-state index in [1.54, 1.807) is 0 Å². The number of rotatable bonds is 1. The Kier molecular flexibility index (Phi) is 2.87. The fraction of sp³-hybridized carbons (Fsp3) is 0.231. The molecule has 0 unspecified atom stereocenters. The standard InChI is InChI=1S/C13H10N2S2/c14-7-11-8-17-13(15-11)10-3-4-12-9(6-10)2-1-5-16-12/h3-4,6,8H,1-2,5H2. The largest absolute Gasteiger partial charge is 0.225 e. The van der Waals surface area contributed by atoms with Gasteiger partial charge in [-0.1, -0.05) is 6.07 Å². The normalized spacial score (nSPS) is 14.1. The smallest absolute Gasteiger partial charge is 0.152 e. The zero-order valence-electron chi connectivity index (χ0n) is 9.14. The summed E-state index contributed by atoms with van der Waals surface area (Å²) in [6.45, 7) is 0. The van der Waals surface area contributed by atoms with Crippen LogP contribution in [0, 0.1) is 11.3 Å². The number of hydrogen-bond acceptors (Lipinski definition) is 4. The number of hydrogen-bond donors (Lipinski definition) is 0. The lowest BCUT2D eigenvalue weighted by molar-refractivity contribution is 0.890. The Morgan fingerprint density at radius 3 is 3.12 bits per heavy atom. The molecule has 0 spiro atoms. The minimum Gasteiger partial charge on any atom is -0.225 e. The highest BCUT2D eigenvalue weighted by molar-refractivity contribution is 7.99. The summed E-state index contributed by atoms with van der Waals surface area (Å²) >= 11 is 3.47. The zero-order valence-corrected chi connectivity index (χ0v) is 10.8. The minimum absolute atomic E-state index is 0.511. The van der Waals surface area contributed by atoms with Crippen LogP contribution in [0.4, 0.5) is 0 Å². The van der Waals surface area contributed by atoms with E-state index in [-0.39, 0.29) is 0 Å². The van der Waals surface area contributed by atoms with Gasteiger partial charge in [0.05, 0.1) is 0 Å². The van der Waals surface area contributed by atoms with Gasteiger partial charge in [0.2, 0.25) is 0 Å². The van der Waals surface area contributed by atoms with Crippen molar-refractivity contribution < 1.29 is 0 Å². The number of nitriles is 1. The topological polar surface area (TPSA) is 36.7 Å². The van der Waals surface area contributed by atoms with Gasteiger partial charge in [0.1, 0.15) is 11.1 Å². The zero-order chi connectivity index (χ0) is 11.7. The summed E-state index contributed by atoms with van der Waals surface area (Å²) in [7, 11) is 0. The predicted octanol–water partition coefficient (Wildman–Crippen LogP) is 3.72. The van der Waals surface area contributed by atoms with Crippen LogP contribution in [0.3, 0.4) is 0 Å². The third-order valence-corrected chi connectivity index (χ3v) is 4.87. The van der Waals surface area contributed by atoms with Gasteiger partial charge in [0, 0.05) is 15.8 Å². The van der Waals surface area contributed by atoms with Gasteiger partial charge in [-0.3, -0.25) is 0 Å². The number of fused-ring (bicyclic) bond motifs is 1. The second-order valence-corrected chi connectivity index (χ2v) is 5.92. The van der Waals surface area contributed by atoms with Crippen LogP contribution in [-0.4, -0.2) is 10.7 Å². The number of aryl methyl sites for hydroxylation is 1. The van der Waals surface area contributed by atoms with E-state index in [4.69, 9.17) is 5.26 Å². The average Bonchev–Trinajstić information content (AvgIpc) is 2.87. The first-order valence-corrected chi connectivity index (χ1v) is 7.35. The summed E-state index contributed by atoms with van der Waals surface area (Å²) in [6.07, 6.45) is 2.41. The molecule has 0 atom stereocenters. The first-order valence-electron chi connectivity index (χ1n) is 5.48. The van der Waals surface area contributed by atoms with Gasteiger partial charge in [0.25, 0.3) is 0 Å². The average molecular weight is 258 g/mol. The molecule has 0 aliphatic carbocycles. The molecule has 0 radical (unpaired) electrons. The van der Waals surface area contributed by atoms with Crippen LogP contribution in [-0.2, 0) is 6.42 Å². The summed E-state index contributed by atoms with van der Waals surface area (Å²) in [5, 5.41) is 11.5. The third-order valence-electron chi connectivity index (χ3n) is 2.77. The first kappa shape index (κ1) is 10.8. The van der Waals surface area contributed by atoms with Crippen molar-refractivity contribution in [3.63, 3.8) is 0 Å². The highest BCUT2D eigenvalue weighted by Gasteiger charge is 2.12. The molecule has 4 heteroatoms. The molecule has 0 saturated heterocycles. The van der Waals surface area contributed by atoms with Gasteiger partial charge in [0.15, 0.2) is 5.69 Å². The molecule has 0 bridgehead atoms.